The largest absolute Gasteiger partial charge is 0.497 e. The summed E-state index contributed by atoms with van der Waals surface area (Å²) in [6.45, 7) is 4.12. The van der Waals surface area contributed by atoms with Crippen molar-refractivity contribution in [1.29, 1.82) is 0 Å². The minimum atomic E-state index is -0.292. The number of pyridine rings is 1. The van der Waals surface area contributed by atoms with Crippen LogP contribution in [0, 0.1) is 13.8 Å². The van der Waals surface area contributed by atoms with E-state index >= 15 is 0 Å². The maximum Gasteiger partial charge on any atom is 0.257 e. The van der Waals surface area contributed by atoms with Gasteiger partial charge >= 0.3 is 0 Å². The zero-order valence-electron chi connectivity index (χ0n) is 16.4. The lowest BCUT2D eigenvalue weighted by molar-refractivity contribution is 0.102. The normalized spacial score (nSPS) is 10.3. The number of nitrogens with one attached hydrogen (secondary N) is 2. The van der Waals surface area contributed by atoms with Crippen LogP contribution in [0.4, 0.5) is 17.2 Å². The third-order valence-electron chi connectivity index (χ3n) is 4.28. The first-order valence-electron chi connectivity index (χ1n) is 8.83. The van der Waals surface area contributed by atoms with Gasteiger partial charge in [0.25, 0.3) is 5.91 Å². The Bertz CT molecular complexity index is 963. The molecule has 6 heteroatoms. The molecule has 1 aromatic heterocycles. The molecule has 1 heterocycles. The number of hydrogen-bond acceptors (Lipinski definition) is 5. The Morgan fingerprint density at radius 3 is 2.21 bits per heavy atom. The number of rotatable bonds is 6. The van der Waals surface area contributed by atoms with Crippen molar-refractivity contribution in [3.63, 3.8) is 0 Å². The lowest BCUT2D eigenvalue weighted by Gasteiger charge is -2.11. The van der Waals surface area contributed by atoms with Gasteiger partial charge in [0.15, 0.2) is 0 Å². The summed E-state index contributed by atoms with van der Waals surface area (Å²) in [7, 11) is 3.08. The third kappa shape index (κ3) is 4.59. The lowest BCUT2D eigenvalue weighted by atomic mass is 10.1. The van der Waals surface area contributed by atoms with Crippen molar-refractivity contribution in [3.8, 4) is 11.5 Å². The smallest absolute Gasteiger partial charge is 0.257 e. The summed E-state index contributed by atoms with van der Waals surface area (Å²) < 4.78 is 10.4. The molecule has 144 valence electrons. The number of aryl methyl sites for hydroxylation is 2. The van der Waals surface area contributed by atoms with Crippen LogP contribution in [0.3, 0.4) is 0 Å². The molecule has 0 unspecified atom stereocenters. The minimum Gasteiger partial charge on any atom is -0.497 e. The van der Waals surface area contributed by atoms with E-state index in [4.69, 9.17) is 9.47 Å². The lowest BCUT2D eigenvalue weighted by Crippen LogP contribution is -2.13. The maximum atomic E-state index is 12.5. The number of ether oxygens (including phenoxy) is 2. The van der Waals surface area contributed by atoms with E-state index in [9.17, 15) is 4.79 Å². The first-order chi connectivity index (χ1) is 13.5. The summed E-state index contributed by atoms with van der Waals surface area (Å²) >= 11 is 0. The van der Waals surface area contributed by atoms with Crippen molar-refractivity contribution in [1.82, 2.24) is 4.98 Å². The zero-order valence-corrected chi connectivity index (χ0v) is 16.4. The topological polar surface area (TPSA) is 72.5 Å². The first kappa shape index (κ1) is 19.2. The third-order valence-corrected chi connectivity index (χ3v) is 4.28. The fourth-order valence-electron chi connectivity index (χ4n) is 2.78. The Labute approximate surface area is 164 Å². The predicted octanol–water partition coefficient (Wildman–Crippen LogP) is 4.71. The van der Waals surface area contributed by atoms with E-state index in [1.807, 2.05) is 12.1 Å². The molecule has 0 fully saturated rings. The highest BCUT2D eigenvalue weighted by Gasteiger charge is 2.11. The van der Waals surface area contributed by atoms with Crippen LogP contribution >= 0.6 is 0 Å². The van der Waals surface area contributed by atoms with Crippen LogP contribution < -0.4 is 20.1 Å². The minimum absolute atomic E-state index is 0.292. The van der Waals surface area contributed by atoms with Crippen LogP contribution in [0.2, 0.25) is 0 Å². The second-order valence-corrected chi connectivity index (χ2v) is 6.43. The summed E-state index contributed by atoms with van der Waals surface area (Å²) in [6, 6.07) is 14.8. The Morgan fingerprint density at radius 1 is 0.929 bits per heavy atom. The second-order valence-electron chi connectivity index (χ2n) is 6.43. The second kappa shape index (κ2) is 8.43. The number of nitrogens with zero attached hydrogens (tertiary/aromatic N) is 1. The molecule has 6 nitrogen and oxygen atoms in total. The van der Waals surface area contributed by atoms with Crippen molar-refractivity contribution in [2.24, 2.45) is 0 Å². The van der Waals surface area contributed by atoms with Crippen LogP contribution in [0.5, 0.6) is 11.5 Å². The highest BCUT2D eigenvalue weighted by Crippen LogP contribution is 2.24. The number of aromatic nitrogens is 1. The Balaban J connectivity index is 1.71. The van der Waals surface area contributed by atoms with Gasteiger partial charge in [0.2, 0.25) is 0 Å². The van der Waals surface area contributed by atoms with Crippen LogP contribution in [-0.2, 0) is 0 Å². The van der Waals surface area contributed by atoms with E-state index in [-0.39, 0.29) is 5.91 Å². The fraction of sp³-hybridized carbons (Fsp3) is 0.182. The molecule has 0 saturated heterocycles. The first-order valence-corrected chi connectivity index (χ1v) is 8.83. The van der Waals surface area contributed by atoms with Gasteiger partial charge in [-0.1, -0.05) is 17.7 Å². The number of hydrogen-bond donors (Lipinski definition) is 2. The van der Waals surface area contributed by atoms with Gasteiger partial charge in [-0.05, 0) is 49.7 Å². The van der Waals surface area contributed by atoms with Gasteiger partial charge in [-0.25, -0.2) is 4.98 Å². The van der Waals surface area contributed by atoms with Crippen molar-refractivity contribution in [2.75, 3.05) is 24.9 Å². The zero-order chi connectivity index (χ0) is 20.1. The highest BCUT2D eigenvalue weighted by molar-refractivity contribution is 6.04. The number of amides is 1. The average molecular weight is 377 g/mol. The summed E-state index contributed by atoms with van der Waals surface area (Å²) in [5.74, 6) is 1.26. The Hall–Kier alpha value is -3.54. The van der Waals surface area contributed by atoms with Crippen LogP contribution in [0.25, 0.3) is 0 Å². The summed E-state index contributed by atoms with van der Waals surface area (Å²) in [4.78, 5) is 16.8. The van der Waals surface area contributed by atoms with Gasteiger partial charge < -0.3 is 20.1 Å². The summed E-state index contributed by atoms with van der Waals surface area (Å²) in [5, 5.41) is 6.12. The van der Waals surface area contributed by atoms with Crippen LogP contribution in [0.15, 0.2) is 54.7 Å². The number of carbonyl (C=O) groups excluding carboxylic acids is 1. The van der Waals surface area contributed by atoms with E-state index in [2.05, 4.69) is 41.6 Å². The standard InChI is InChI=1S/C22H23N3O3/c1-14-5-7-20(15(2)9-14)24-17-6-8-21(23-13-17)25-22(26)16-10-18(27-3)12-19(11-16)28-4/h5-13,24H,1-4H3,(H,23,25,26). The molecule has 0 bridgehead atoms. The predicted molar refractivity (Wildman–Crippen MR) is 111 cm³/mol. The molecule has 2 N–H and O–H groups in total. The molecule has 0 spiro atoms. The molecule has 3 aromatic rings. The molecule has 3 rings (SSSR count). The molecular formula is C22H23N3O3. The van der Waals surface area contributed by atoms with Gasteiger partial charge in [-0.15, -0.1) is 0 Å². The molecule has 0 saturated carbocycles. The van der Waals surface area contributed by atoms with E-state index in [1.54, 1.807) is 44.7 Å². The van der Waals surface area contributed by atoms with Gasteiger partial charge in [0, 0.05) is 17.3 Å². The van der Waals surface area contributed by atoms with Gasteiger partial charge in [-0.2, -0.15) is 0 Å². The number of anilines is 3. The number of carbonyl (C=O) groups is 1. The molecule has 1 amide bonds. The highest BCUT2D eigenvalue weighted by atomic mass is 16.5. The van der Waals surface area contributed by atoms with E-state index in [1.165, 1.54) is 5.56 Å². The van der Waals surface area contributed by atoms with Crippen molar-refractivity contribution in [2.45, 2.75) is 13.8 Å². The molecule has 0 aliphatic rings. The van der Waals surface area contributed by atoms with E-state index in [0.717, 1.165) is 16.9 Å². The summed E-state index contributed by atoms with van der Waals surface area (Å²) in [5.41, 5.74) is 4.66. The fourth-order valence-corrected chi connectivity index (χ4v) is 2.78. The number of benzene rings is 2. The quantitative estimate of drug-likeness (QED) is 0.651. The van der Waals surface area contributed by atoms with Gasteiger partial charge in [0.1, 0.15) is 17.3 Å². The van der Waals surface area contributed by atoms with Gasteiger partial charge in [-0.3, -0.25) is 4.79 Å². The maximum absolute atomic E-state index is 12.5. The molecule has 0 atom stereocenters. The monoisotopic (exact) mass is 377 g/mol. The van der Waals surface area contributed by atoms with Crippen LogP contribution in [0.1, 0.15) is 21.5 Å². The van der Waals surface area contributed by atoms with Crippen molar-refractivity contribution >= 4 is 23.1 Å². The Kier molecular flexibility index (Phi) is 5.79. The molecular weight excluding hydrogens is 354 g/mol. The van der Waals surface area contributed by atoms with Crippen molar-refractivity contribution < 1.29 is 14.3 Å². The van der Waals surface area contributed by atoms with Crippen LogP contribution in [-0.4, -0.2) is 25.1 Å². The molecule has 2 aromatic carbocycles. The molecule has 0 aliphatic heterocycles. The Morgan fingerprint density at radius 2 is 1.64 bits per heavy atom. The van der Waals surface area contributed by atoms with Gasteiger partial charge in [0.05, 0.1) is 26.1 Å². The molecule has 28 heavy (non-hydrogen) atoms. The SMILES string of the molecule is COc1cc(OC)cc(C(=O)Nc2ccc(Nc3ccc(C)cc3C)cn2)c1. The van der Waals surface area contributed by atoms with Crippen molar-refractivity contribution in [3.05, 3.63) is 71.4 Å². The molecule has 0 aliphatic carbocycles. The van der Waals surface area contributed by atoms with E-state index in [0.29, 0.717) is 22.9 Å². The summed E-state index contributed by atoms with van der Waals surface area (Å²) in [6.07, 6.45) is 1.68. The number of methoxy groups -OCH3 is 2. The average Bonchev–Trinajstić information content (AvgIpc) is 2.71. The van der Waals surface area contributed by atoms with E-state index < -0.39 is 0 Å². The molecule has 0 radical (unpaired) electrons.